The molecule has 0 unspecified atom stereocenters. The first kappa shape index (κ1) is 16.8. The zero-order valence-corrected chi connectivity index (χ0v) is 12.7. The summed E-state index contributed by atoms with van der Waals surface area (Å²) in [4.78, 5) is 23.8. The first-order chi connectivity index (χ1) is 10.1. The van der Waals surface area contributed by atoms with Crippen LogP contribution in [-0.2, 0) is 4.79 Å². The van der Waals surface area contributed by atoms with Gasteiger partial charge in [-0.25, -0.2) is 0 Å². The van der Waals surface area contributed by atoms with Crippen LogP contribution >= 0.6 is 0 Å². The standard InChI is InChI=1S/C15H22N2O4/c1-4-5-9-16-13(18)10-17-15(19)14-11(20-2)7-6-8-12(14)21-3/h6-8H,4-5,9-10H2,1-3H3,(H,16,18)(H,17,19). The number of benzene rings is 1. The average Bonchev–Trinajstić information content (AvgIpc) is 2.51. The molecule has 0 aliphatic rings. The van der Waals surface area contributed by atoms with Crippen molar-refractivity contribution in [2.75, 3.05) is 27.3 Å². The van der Waals surface area contributed by atoms with Gasteiger partial charge in [0.05, 0.1) is 20.8 Å². The molecule has 0 bridgehead atoms. The maximum absolute atomic E-state index is 12.2. The summed E-state index contributed by atoms with van der Waals surface area (Å²) in [7, 11) is 2.95. The normalized spacial score (nSPS) is 9.86. The number of rotatable bonds is 8. The molecule has 0 aromatic heterocycles. The predicted octanol–water partition coefficient (Wildman–Crippen LogP) is 1.35. The van der Waals surface area contributed by atoms with Gasteiger partial charge in [0.15, 0.2) is 0 Å². The fraction of sp³-hybridized carbons (Fsp3) is 0.467. The maximum Gasteiger partial charge on any atom is 0.259 e. The number of methoxy groups -OCH3 is 2. The van der Waals surface area contributed by atoms with Crippen molar-refractivity contribution in [2.45, 2.75) is 19.8 Å². The highest BCUT2D eigenvalue weighted by molar-refractivity contribution is 6.01. The number of ether oxygens (including phenoxy) is 2. The topological polar surface area (TPSA) is 76.7 Å². The molecular weight excluding hydrogens is 272 g/mol. The first-order valence-electron chi connectivity index (χ1n) is 6.89. The molecule has 0 fully saturated rings. The Kier molecular flexibility index (Phi) is 7.08. The summed E-state index contributed by atoms with van der Waals surface area (Å²) in [6.07, 6.45) is 1.92. The Morgan fingerprint density at radius 1 is 1.10 bits per heavy atom. The molecule has 0 aliphatic heterocycles. The molecule has 0 saturated carbocycles. The van der Waals surface area contributed by atoms with Gasteiger partial charge in [-0.1, -0.05) is 19.4 Å². The van der Waals surface area contributed by atoms with Crippen LogP contribution in [0.3, 0.4) is 0 Å². The van der Waals surface area contributed by atoms with Crippen molar-refractivity contribution in [3.8, 4) is 11.5 Å². The molecule has 0 aliphatic carbocycles. The number of amides is 2. The lowest BCUT2D eigenvalue weighted by Gasteiger charge is -2.13. The minimum atomic E-state index is -0.407. The molecule has 21 heavy (non-hydrogen) atoms. The molecule has 0 spiro atoms. The van der Waals surface area contributed by atoms with Crippen molar-refractivity contribution in [1.29, 1.82) is 0 Å². The van der Waals surface area contributed by atoms with E-state index in [9.17, 15) is 9.59 Å². The number of unbranched alkanes of at least 4 members (excludes halogenated alkanes) is 1. The minimum Gasteiger partial charge on any atom is -0.496 e. The van der Waals surface area contributed by atoms with Gasteiger partial charge in [-0.15, -0.1) is 0 Å². The molecule has 1 aromatic carbocycles. The Labute approximate surface area is 124 Å². The van der Waals surface area contributed by atoms with Gasteiger partial charge in [0.1, 0.15) is 17.1 Å². The van der Waals surface area contributed by atoms with Crippen LogP contribution in [-0.4, -0.2) is 39.1 Å². The van der Waals surface area contributed by atoms with Gasteiger partial charge in [-0.3, -0.25) is 9.59 Å². The van der Waals surface area contributed by atoms with E-state index in [-0.39, 0.29) is 18.0 Å². The Bertz CT molecular complexity index is 466. The number of hydrogen-bond donors (Lipinski definition) is 2. The van der Waals surface area contributed by atoms with Crippen LogP contribution in [0.15, 0.2) is 18.2 Å². The van der Waals surface area contributed by atoms with Gasteiger partial charge in [-0.05, 0) is 18.6 Å². The van der Waals surface area contributed by atoms with Gasteiger partial charge >= 0.3 is 0 Å². The Morgan fingerprint density at radius 2 is 1.71 bits per heavy atom. The molecular formula is C15H22N2O4. The Morgan fingerprint density at radius 3 is 2.24 bits per heavy atom. The largest absolute Gasteiger partial charge is 0.496 e. The van der Waals surface area contributed by atoms with Crippen LogP contribution in [0.4, 0.5) is 0 Å². The second-order valence-corrected chi connectivity index (χ2v) is 4.42. The molecule has 0 radical (unpaired) electrons. The maximum atomic E-state index is 12.2. The van der Waals surface area contributed by atoms with Crippen LogP contribution in [0, 0.1) is 0 Å². The fourth-order valence-electron chi connectivity index (χ4n) is 1.79. The van der Waals surface area contributed by atoms with Gasteiger partial charge in [-0.2, -0.15) is 0 Å². The molecule has 6 heteroatoms. The number of hydrogen-bond acceptors (Lipinski definition) is 4. The van der Waals surface area contributed by atoms with E-state index in [1.54, 1.807) is 18.2 Å². The van der Waals surface area contributed by atoms with Crippen molar-refractivity contribution in [1.82, 2.24) is 10.6 Å². The summed E-state index contributed by atoms with van der Waals surface area (Å²) in [5, 5.41) is 5.30. The number of carbonyl (C=O) groups excluding carboxylic acids is 2. The van der Waals surface area contributed by atoms with Crippen molar-refractivity contribution >= 4 is 11.8 Å². The van der Waals surface area contributed by atoms with Crippen molar-refractivity contribution < 1.29 is 19.1 Å². The van der Waals surface area contributed by atoms with E-state index >= 15 is 0 Å². The monoisotopic (exact) mass is 294 g/mol. The molecule has 0 heterocycles. The number of carbonyl (C=O) groups is 2. The zero-order valence-electron chi connectivity index (χ0n) is 12.7. The van der Waals surface area contributed by atoms with Crippen LogP contribution in [0.25, 0.3) is 0 Å². The van der Waals surface area contributed by atoms with Gasteiger partial charge in [0.2, 0.25) is 5.91 Å². The third-order valence-electron chi connectivity index (χ3n) is 2.92. The second kappa shape index (κ2) is 8.84. The molecule has 1 aromatic rings. The highest BCUT2D eigenvalue weighted by atomic mass is 16.5. The summed E-state index contributed by atoms with van der Waals surface area (Å²) >= 11 is 0. The minimum absolute atomic E-state index is 0.0796. The summed E-state index contributed by atoms with van der Waals surface area (Å²) in [6, 6.07) is 5.06. The highest BCUT2D eigenvalue weighted by Gasteiger charge is 2.18. The van der Waals surface area contributed by atoms with Crippen molar-refractivity contribution in [2.24, 2.45) is 0 Å². The van der Waals surface area contributed by atoms with E-state index in [2.05, 4.69) is 10.6 Å². The Hall–Kier alpha value is -2.24. The van der Waals surface area contributed by atoms with Crippen molar-refractivity contribution in [3.05, 3.63) is 23.8 Å². The van der Waals surface area contributed by atoms with E-state index in [1.165, 1.54) is 14.2 Å². The molecule has 2 N–H and O–H groups in total. The molecule has 0 atom stereocenters. The lowest BCUT2D eigenvalue weighted by molar-refractivity contribution is -0.120. The zero-order chi connectivity index (χ0) is 15.7. The Balaban J connectivity index is 2.65. The summed E-state index contributed by atoms with van der Waals surface area (Å²) in [5.41, 5.74) is 0.281. The van der Waals surface area contributed by atoms with Crippen molar-refractivity contribution in [3.63, 3.8) is 0 Å². The van der Waals surface area contributed by atoms with E-state index in [1.807, 2.05) is 6.92 Å². The quantitative estimate of drug-likeness (QED) is 0.710. The summed E-state index contributed by atoms with van der Waals surface area (Å²) in [6.45, 7) is 2.58. The molecule has 0 saturated heterocycles. The fourth-order valence-corrected chi connectivity index (χ4v) is 1.79. The second-order valence-electron chi connectivity index (χ2n) is 4.42. The predicted molar refractivity (Wildman–Crippen MR) is 79.8 cm³/mol. The lowest BCUT2D eigenvalue weighted by atomic mass is 10.1. The van der Waals surface area contributed by atoms with Crippen LogP contribution in [0.1, 0.15) is 30.1 Å². The third-order valence-corrected chi connectivity index (χ3v) is 2.92. The average molecular weight is 294 g/mol. The summed E-state index contributed by atoms with van der Waals surface area (Å²) < 4.78 is 10.3. The first-order valence-corrected chi connectivity index (χ1v) is 6.89. The highest BCUT2D eigenvalue weighted by Crippen LogP contribution is 2.27. The van der Waals surface area contributed by atoms with Crippen LogP contribution < -0.4 is 20.1 Å². The molecule has 116 valence electrons. The van der Waals surface area contributed by atoms with E-state index in [0.29, 0.717) is 18.0 Å². The van der Waals surface area contributed by atoms with Gasteiger partial charge in [0.25, 0.3) is 5.91 Å². The van der Waals surface area contributed by atoms with Gasteiger partial charge < -0.3 is 20.1 Å². The van der Waals surface area contributed by atoms with Gasteiger partial charge in [0, 0.05) is 6.54 Å². The van der Waals surface area contributed by atoms with Crippen LogP contribution in [0.2, 0.25) is 0 Å². The van der Waals surface area contributed by atoms with Crippen LogP contribution in [0.5, 0.6) is 11.5 Å². The molecule has 2 amide bonds. The molecule has 6 nitrogen and oxygen atoms in total. The van der Waals surface area contributed by atoms with E-state index in [0.717, 1.165) is 12.8 Å². The third kappa shape index (κ3) is 4.98. The van der Waals surface area contributed by atoms with E-state index < -0.39 is 5.91 Å². The smallest absolute Gasteiger partial charge is 0.259 e. The number of nitrogens with one attached hydrogen (secondary N) is 2. The lowest BCUT2D eigenvalue weighted by Crippen LogP contribution is -2.37. The molecule has 1 rings (SSSR count). The van der Waals surface area contributed by atoms with E-state index in [4.69, 9.17) is 9.47 Å². The SMILES string of the molecule is CCCCNC(=O)CNC(=O)c1c(OC)cccc1OC. The summed E-state index contributed by atoms with van der Waals surface area (Å²) in [5.74, 6) is 0.178.